The van der Waals surface area contributed by atoms with Gasteiger partial charge in [0.2, 0.25) is 11.8 Å². The molecule has 1 aliphatic heterocycles. The number of para-hydroxylation sites is 1. The van der Waals surface area contributed by atoms with Gasteiger partial charge in [0.1, 0.15) is 12.1 Å². The molecular formula is C20H24N4O6. The Labute approximate surface area is 172 Å². The van der Waals surface area contributed by atoms with Crippen LogP contribution < -0.4 is 16.0 Å². The molecule has 1 aromatic carbocycles. The van der Waals surface area contributed by atoms with Crippen LogP contribution in [0.4, 0.5) is 0 Å². The van der Waals surface area contributed by atoms with E-state index in [4.69, 9.17) is 5.11 Å². The molecule has 3 atom stereocenters. The number of hydrogen-bond acceptors (Lipinski definition) is 5. The van der Waals surface area contributed by atoms with Gasteiger partial charge >= 0.3 is 11.9 Å². The fraction of sp³-hybridized carbons (Fsp3) is 0.400. The molecule has 1 aliphatic rings. The van der Waals surface area contributed by atoms with E-state index in [1.165, 1.54) is 0 Å². The summed E-state index contributed by atoms with van der Waals surface area (Å²) in [5, 5.41) is 27.0. The fourth-order valence-electron chi connectivity index (χ4n) is 3.56. The molecule has 30 heavy (non-hydrogen) atoms. The first kappa shape index (κ1) is 21.3. The molecule has 2 aromatic rings. The van der Waals surface area contributed by atoms with Gasteiger partial charge in [-0.1, -0.05) is 18.2 Å². The van der Waals surface area contributed by atoms with E-state index >= 15 is 0 Å². The van der Waals surface area contributed by atoms with Crippen LogP contribution in [-0.4, -0.2) is 63.6 Å². The number of aromatic amines is 1. The molecule has 3 rings (SSSR count). The monoisotopic (exact) mass is 416 g/mol. The number of H-pyrrole nitrogens is 1. The average Bonchev–Trinajstić information content (AvgIpc) is 3.37. The molecule has 0 bridgehead atoms. The lowest BCUT2D eigenvalue weighted by Gasteiger charge is -2.22. The third-order valence-electron chi connectivity index (χ3n) is 5.10. The van der Waals surface area contributed by atoms with Crippen molar-refractivity contribution in [2.24, 2.45) is 0 Å². The van der Waals surface area contributed by atoms with E-state index < -0.39 is 42.4 Å². The van der Waals surface area contributed by atoms with E-state index in [-0.39, 0.29) is 12.3 Å². The summed E-state index contributed by atoms with van der Waals surface area (Å²) in [7, 11) is 0. The number of carboxylic acids is 2. The van der Waals surface area contributed by atoms with Crippen LogP contribution in [0.3, 0.4) is 0 Å². The van der Waals surface area contributed by atoms with Crippen molar-refractivity contribution in [3.63, 3.8) is 0 Å². The molecule has 0 saturated carbocycles. The summed E-state index contributed by atoms with van der Waals surface area (Å²) < 4.78 is 0. The molecule has 3 unspecified atom stereocenters. The van der Waals surface area contributed by atoms with Crippen molar-refractivity contribution in [1.29, 1.82) is 0 Å². The van der Waals surface area contributed by atoms with Gasteiger partial charge in [0.05, 0.1) is 12.5 Å². The van der Waals surface area contributed by atoms with Crippen LogP contribution in [-0.2, 0) is 25.6 Å². The maximum atomic E-state index is 12.8. The summed E-state index contributed by atoms with van der Waals surface area (Å²) in [5.41, 5.74) is 1.64. The Morgan fingerprint density at radius 2 is 1.87 bits per heavy atom. The summed E-state index contributed by atoms with van der Waals surface area (Å²) in [5.74, 6) is -3.91. The Morgan fingerprint density at radius 1 is 1.10 bits per heavy atom. The lowest BCUT2D eigenvalue weighted by molar-refractivity contribution is -0.147. The number of carbonyl (C=O) groups is 4. The van der Waals surface area contributed by atoms with E-state index in [9.17, 15) is 24.3 Å². The second-order valence-electron chi connectivity index (χ2n) is 7.27. The van der Waals surface area contributed by atoms with Gasteiger partial charge in [-0.3, -0.25) is 14.4 Å². The zero-order valence-corrected chi connectivity index (χ0v) is 16.2. The maximum Gasteiger partial charge on any atom is 0.326 e. The minimum Gasteiger partial charge on any atom is -0.481 e. The number of hydrogen-bond donors (Lipinski definition) is 6. The standard InChI is InChI=1S/C20H24N4O6/c25-17(26)9-16(20(29)30)24-19(28)15(23-18(27)14-6-3-7-21-14)8-11-10-22-13-5-2-1-4-12(11)13/h1-2,4-5,10,14-16,21-22H,3,6-9H2,(H,23,27)(H,24,28)(H,25,26)(H,29,30). The van der Waals surface area contributed by atoms with Gasteiger partial charge in [0, 0.05) is 23.5 Å². The molecule has 10 nitrogen and oxygen atoms in total. The highest BCUT2D eigenvalue weighted by Crippen LogP contribution is 2.19. The van der Waals surface area contributed by atoms with E-state index in [0.717, 1.165) is 22.9 Å². The second kappa shape index (κ2) is 9.40. The predicted molar refractivity (Wildman–Crippen MR) is 107 cm³/mol. The summed E-state index contributed by atoms with van der Waals surface area (Å²) >= 11 is 0. The van der Waals surface area contributed by atoms with Crippen LogP contribution in [0.5, 0.6) is 0 Å². The SMILES string of the molecule is O=C(O)CC(NC(=O)C(Cc1c[nH]c2ccccc12)NC(=O)C1CCCN1)C(=O)O. The van der Waals surface area contributed by atoms with Crippen LogP contribution in [0.2, 0.25) is 0 Å². The van der Waals surface area contributed by atoms with Gasteiger partial charge in [-0.2, -0.15) is 0 Å². The third kappa shape index (κ3) is 5.15. The van der Waals surface area contributed by atoms with Crippen molar-refractivity contribution in [3.8, 4) is 0 Å². The zero-order valence-electron chi connectivity index (χ0n) is 16.2. The van der Waals surface area contributed by atoms with Gasteiger partial charge < -0.3 is 31.1 Å². The van der Waals surface area contributed by atoms with E-state index in [0.29, 0.717) is 13.0 Å². The number of nitrogens with one attached hydrogen (secondary N) is 4. The normalized spacial score (nSPS) is 17.9. The molecule has 6 N–H and O–H groups in total. The lowest BCUT2D eigenvalue weighted by atomic mass is 10.0. The number of carboxylic acid groups (broad SMARTS) is 2. The number of fused-ring (bicyclic) bond motifs is 1. The Hall–Kier alpha value is -3.40. The number of carbonyl (C=O) groups excluding carboxylic acids is 2. The molecule has 1 saturated heterocycles. The van der Waals surface area contributed by atoms with E-state index in [1.807, 2.05) is 24.3 Å². The first-order chi connectivity index (χ1) is 14.3. The number of aromatic nitrogens is 1. The Bertz CT molecular complexity index is 950. The molecule has 1 fully saturated rings. The lowest BCUT2D eigenvalue weighted by Crippen LogP contribution is -2.55. The van der Waals surface area contributed by atoms with Gasteiger partial charge in [0.15, 0.2) is 0 Å². The predicted octanol–water partition coefficient (Wildman–Crippen LogP) is -0.00870. The van der Waals surface area contributed by atoms with Gasteiger partial charge in [-0.15, -0.1) is 0 Å². The topological polar surface area (TPSA) is 161 Å². The first-order valence-corrected chi connectivity index (χ1v) is 9.69. The van der Waals surface area contributed by atoms with Crippen molar-refractivity contribution in [2.75, 3.05) is 6.54 Å². The van der Waals surface area contributed by atoms with Crippen LogP contribution in [0.15, 0.2) is 30.5 Å². The Kier molecular flexibility index (Phi) is 6.68. The number of aliphatic carboxylic acids is 2. The van der Waals surface area contributed by atoms with Crippen LogP contribution in [0, 0.1) is 0 Å². The Balaban J connectivity index is 1.80. The average molecular weight is 416 g/mol. The summed E-state index contributed by atoms with van der Waals surface area (Å²) in [6.07, 6.45) is 2.57. The number of benzene rings is 1. The minimum absolute atomic E-state index is 0.119. The van der Waals surface area contributed by atoms with Crippen molar-refractivity contribution in [3.05, 3.63) is 36.0 Å². The molecule has 0 aliphatic carbocycles. The van der Waals surface area contributed by atoms with E-state index in [2.05, 4.69) is 20.9 Å². The summed E-state index contributed by atoms with van der Waals surface area (Å²) in [6, 6.07) is 4.39. The molecule has 160 valence electrons. The van der Waals surface area contributed by atoms with Crippen LogP contribution >= 0.6 is 0 Å². The first-order valence-electron chi connectivity index (χ1n) is 9.69. The van der Waals surface area contributed by atoms with Gasteiger partial charge in [-0.05, 0) is 31.0 Å². The molecule has 10 heteroatoms. The van der Waals surface area contributed by atoms with Crippen molar-refractivity contribution in [2.45, 2.75) is 43.8 Å². The second-order valence-corrected chi connectivity index (χ2v) is 7.27. The highest BCUT2D eigenvalue weighted by molar-refractivity contribution is 5.93. The quantitative estimate of drug-likeness (QED) is 0.335. The van der Waals surface area contributed by atoms with Crippen LogP contribution in [0.25, 0.3) is 10.9 Å². The van der Waals surface area contributed by atoms with Gasteiger partial charge in [0.25, 0.3) is 0 Å². The van der Waals surface area contributed by atoms with Crippen LogP contribution in [0.1, 0.15) is 24.8 Å². The van der Waals surface area contributed by atoms with Crippen molar-refractivity contribution < 1.29 is 29.4 Å². The largest absolute Gasteiger partial charge is 0.481 e. The smallest absolute Gasteiger partial charge is 0.326 e. The molecule has 2 amide bonds. The third-order valence-corrected chi connectivity index (χ3v) is 5.10. The molecule has 1 aromatic heterocycles. The number of amides is 2. The number of rotatable bonds is 9. The van der Waals surface area contributed by atoms with Gasteiger partial charge in [-0.25, -0.2) is 4.79 Å². The molecule has 0 spiro atoms. The molecular weight excluding hydrogens is 392 g/mol. The van der Waals surface area contributed by atoms with E-state index in [1.54, 1.807) is 6.20 Å². The van der Waals surface area contributed by atoms with Crippen molar-refractivity contribution >= 4 is 34.7 Å². The summed E-state index contributed by atoms with van der Waals surface area (Å²) in [6.45, 7) is 0.705. The minimum atomic E-state index is -1.60. The summed E-state index contributed by atoms with van der Waals surface area (Å²) in [4.78, 5) is 50.8. The highest BCUT2D eigenvalue weighted by Gasteiger charge is 2.31. The maximum absolute atomic E-state index is 12.8. The highest BCUT2D eigenvalue weighted by atomic mass is 16.4. The fourth-order valence-corrected chi connectivity index (χ4v) is 3.56. The Morgan fingerprint density at radius 3 is 2.53 bits per heavy atom. The molecule has 0 radical (unpaired) electrons. The molecule has 2 heterocycles. The zero-order chi connectivity index (χ0) is 21.7. The van der Waals surface area contributed by atoms with Crippen molar-refractivity contribution in [1.82, 2.24) is 20.9 Å².